The summed E-state index contributed by atoms with van der Waals surface area (Å²) in [5.41, 5.74) is 1.04. The molecule has 0 spiro atoms. The topological polar surface area (TPSA) is 46.5 Å². The van der Waals surface area contributed by atoms with Crippen molar-refractivity contribution in [1.29, 1.82) is 0 Å². The third-order valence-electron chi connectivity index (χ3n) is 2.10. The maximum absolute atomic E-state index is 11.3. The van der Waals surface area contributed by atoms with Crippen LogP contribution >= 0.6 is 22.6 Å². The zero-order valence-electron chi connectivity index (χ0n) is 9.20. The number of phenols is 1. The molecule has 0 fully saturated rings. The average Bonchev–Trinajstić information content (AvgIpc) is 2.28. The van der Waals surface area contributed by atoms with Crippen LogP contribution in [0.3, 0.4) is 0 Å². The standard InChI is InChI=1S/C12H15IO3/c1-2-7-16-12(15)6-4-9-3-5-11(14)10(13)8-9/h3,5,8,14H,2,4,6-7H2,1H3. The highest BCUT2D eigenvalue weighted by Crippen LogP contribution is 2.20. The number of carbonyl (C=O) groups excluding carboxylic acids is 1. The van der Waals surface area contributed by atoms with Crippen LogP contribution in [-0.2, 0) is 16.0 Å². The molecule has 0 aromatic heterocycles. The van der Waals surface area contributed by atoms with Gasteiger partial charge in [-0.1, -0.05) is 13.0 Å². The lowest BCUT2D eigenvalue weighted by molar-refractivity contribution is -0.143. The summed E-state index contributed by atoms with van der Waals surface area (Å²) in [6.07, 6.45) is 1.89. The van der Waals surface area contributed by atoms with E-state index >= 15 is 0 Å². The Hall–Kier alpha value is -0.780. The molecular formula is C12H15IO3. The molecule has 0 heterocycles. The van der Waals surface area contributed by atoms with Crippen molar-refractivity contribution in [3.63, 3.8) is 0 Å². The number of esters is 1. The Labute approximate surface area is 109 Å². The minimum Gasteiger partial charge on any atom is -0.507 e. The molecule has 1 rings (SSSR count). The molecule has 0 bridgehead atoms. The van der Waals surface area contributed by atoms with Crippen molar-refractivity contribution in [2.75, 3.05) is 6.61 Å². The number of carbonyl (C=O) groups is 1. The minimum absolute atomic E-state index is 0.162. The summed E-state index contributed by atoms with van der Waals surface area (Å²) in [7, 11) is 0. The Bertz CT molecular complexity index is 363. The van der Waals surface area contributed by atoms with Gasteiger partial charge >= 0.3 is 5.97 Å². The van der Waals surface area contributed by atoms with Crippen LogP contribution in [0.1, 0.15) is 25.3 Å². The fourth-order valence-corrected chi connectivity index (χ4v) is 1.82. The van der Waals surface area contributed by atoms with E-state index in [4.69, 9.17) is 4.74 Å². The molecular weight excluding hydrogens is 319 g/mol. The quantitative estimate of drug-likeness (QED) is 0.665. The van der Waals surface area contributed by atoms with Crippen LogP contribution in [0.25, 0.3) is 0 Å². The van der Waals surface area contributed by atoms with Gasteiger partial charge in [-0.05, 0) is 53.1 Å². The van der Waals surface area contributed by atoms with E-state index in [2.05, 4.69) is 22.6 Å². The highest BCUT2D eigenvalue weighted by Gasteiger charge is 2.04. The van der Waals surface area contributed by atoms with Gasteiger partial charge in [0.15, 0.2) is 0 Å². The summed E-state index contributed by atoms with van der Waals surface area (Å²) in [4.78, 5) is 11.3. The Morgan fingerprint density at radius 2 is 2.25 bits per heavy atom. The van der Waals surface area contributed by atoms with E-state index < -0.39 is 0 Å². The second kappa shape index (κ2) is 6.73. The first-order valence-electron chi connectivity index (χ1n) is 5.26. The van der Waals surface area contributed by atoms with Crippen molar-refractivity contribution >= 4 is 28.6 Å². The normalized spacial score (nSPS) is 10.1. The van der Waals surface area contributed by atoms with E-state index in [-0.39, 0.29) is 11.7 Å². The van der Waals surface area contributed by atoms with Gasteiger partial charge in [-0.2, -0.15) is 0 Å². The average molecular weight is 334 g/mol. The number of ether oxygens (including phenoxy) is 1. The number of halogens is 1. The third kappa shape index (κ3) is 4.38. The third-order valence-corrected chi connectivity index (χ3v) is 2.96. The summed E-state index contributed by atoms with van der Waals surface area (Å²) in [5.74, 6) is 0.114. The van der Waals surface area contributed by atoms with Crippen molar-refractivity contribution in [1.82, 2.24) is 0 Å². The van der Waals surface area contributed by atoms with Gasteiger partial charge in [-0.15, -0.1) is 0 Å². The van der Waals surface area contributed by atoms with Crippen molar-refractivity contribution in [2.24, 2.45) is 0 Å². The van der Waals surface area contributed by atoms with Crippen LogP contribution in [0.5, 0.6) is 5.75 Å². The van der Waals surface area contributed by atoms with Gasteiger partial charge in [0.2, 0.25) is 0 Å². The van der Waals surface area contributed by atoms with Gasteiger partial charge in [0, 0.05) is 6.42 Å². The van der Waals surface area contributed by atoms with Crippen LogP contribution in [0, 0.1) is 3.57 Å². The largest absolute Gasteiger partial charge is 0.507 e. The van der Waals surface area contributed by atoms with Crippen LogP contribution in [0.4, 0.5) is 0 Å². The first-order valence-corrected chi connectivity index (χ1v) is 6.34. The molecule has 1 aromatic rings. The predicted molar refractivity (Wildman–Crippen MR) is 70.4 cm³/mol. The zero-order valence-corrected chi connectivity index (χ0v) is 11.4. The molecule has 0 aliphatic rings. The van der Waals surface area contributed by atoms with Crippen LogP contribution < -0.4 is 0 Å². The van der Waals surface area contributed by atoms with Gasteiger partial charge in [0.1, 0.15) is 5.75 Å². The summed E-state index contributed by atoms with van der Waals surface area (Å²) in [6.45, 7) is 2.46. The van der Waals surface area contributed by atoms with Crippen molar-refractivity contribution in [2.45, 2.75) is 26.2 Å². The predicted octanol–water partition coefficient (Wildman–Crippen LogP) is 2.88. The molecule has 1 N–H and O–H groups in total. The summed E-state index contributed by atoms with van der Waals surface area (Å²) in [5, 5.41) is 9.34. The molecule has 0 saturated carbocycles. The molecule has 0 atom stereocenters. The molecule has 4 heteroatoms. The van der Waals surface area contributed by atoms with E-state index in [9.17, 15) is 9.90 Å². The van der Waals surface area contributed by atoms with Gasteiger partial charge in [-0.3, -0.25) is 4.79 Å². The molecule has 88 valence electrons. The summed E-state index contributed by atoms with van der Waals surface area (Å²) in [6, 6.07) is 5.35. The molecule has 0 radical (unpaired) electrons. The van der Waals surface area contributed by atoms with Crippen LogP contribution in [0.15, 0.2) is 18.2 Å². The van der Waals surface area contributed by atoms with Crippen LogP contribution in [-0.4, -0.2) is 17.7 Å². The lowest BCUT2D eigenvalue weighted by Gasteiger charge is -2.04. The van der Waals surface area contributed by atoms with Crippen molar-refractivity contribution in [3.8, 4) is 5.75 Å². The van der Waals surface area contributed by atoms with Crippen molar-refractivity contribution < 1.29 is 14.6 Å². The number of benzene rings is 1. The van der Waals surface area contributed by atoms with Crippen molar-refractivity contribution in [3.05, 3.63) is 27.3 Å². The maximum atomic E-state index is 11.3. The second-order valence-corrected chi connectivity index (χ2v) is 4.67. The van der Waals surface area contributed by atoms with Crippen LogP contribution in [0.2, 0.25) is 0 Å². The molecule has 0 aliphatic carbocycles. The first-order chi connectivity index (χ1) is 7.63. The zero-order chi connectivity index (χ0) is 12.0. The van der Waals surface area contributed by atoms with Gasteiger partial charge < -0.3 is 9.84 Å². The summed E-state index contributed by atoms with van der Waals surface area (Å²) >= 11 is 2.06. The highest BCUT2D eigenvalue weighted by molar-refractivity contribution is 14.1. The summed E-state index contributed by atoms with van der Waals surface area (Å²) < 4.78 is 5.78. The fourth-order valence-electron chi connectivity index (χ4n) is 1.24. The highest BCUT2D eigenvalue weighted by atomic mass is 127. The molecule has 1 aromatic carbocycles. The first kappa shape index (κ1) is 13.3. The Kier molecular flexibility index (Phi) is 5.59. The lowest BCUT2D eigenvalue weighted by atomic mass is 10.1. The van der Waals surface area contributed by atoms with Gasteiger partial charge in [0.05, 0.1) is 10.2 Å². The second-order valence-electron chi connectivity index (χ2n) is 3.51. The van der Waals surface area contributed by atoms with E-state index in [1.165, 1.54) is 0 Å². The lowest BCUT2D eigenvalue weighted by Crippen LogP contribution is -2.06. The number of rotatable bonds is 5. The Balaban J connectivity index is 2.42. The molecule has 0 aliphatic heterocycles. The van der Waals surface area contributed by atoms with E-state index in [0.29, 0.717) is 19.4 Å². The molecule has 16 heavy (non-hydrogen) atoms. The number of hydrogen-bond donors (Lipinski definition) is 1. The number of aromatic hydroxyl groups is 1. The van der Waals surface area contributed by atoms with E-state index in [0.717, 1.165) is 15.6 Å². The van der Waals surface area contributed by atoms with Gasteiger partial charge in [-0.25, -0.2) is 0 Å². The molecule has 3 nitrogen and oxygen atoms in total. The fraction of sp³-hybridized carbons (Fsp3) is 0.417. The molecule has 0 unspecified atom stereocenters. The monoisotopic (exact) mass is 334 g/mol. The maximum Gasteiger partial charge on any atom is 0.306 e. The minimum atomic E-state index is -0.162. The Morgan fingerprint density at radius 1 is 1.50 bits per heavy atom. The molecule has 0 amide bonds. The van der Waals surface area contributed by atoms with Gasteiger partial charge in [0.25, 0.3) is 0 Å². The molecule has 0 saturated heterocycles. The van der Waals surface area contributed by atoms with E-state index in [1.54, 1.807) is 6.07 Å². The smallest absolute Gasteiger partial charge is 0.306 e. The SMILES string of the molecule is CCCOC(=O)CCc1ccc(O)c(I)c1. The Morgan fingerprint density at radius 3 is 2.88 bits per heavy atom. The van der Waals surface area contributed by atoms with E-state index in [1.807, 2.05) is 19.1 Å². The number of hydrogen-bond acceptors (Lipinski definition) is 3. The number of phenolic OH excluding ortho intramolecular Hbond substituents is 1. The number of aryl methyl sites for hydroxylation is 1.